The Morgan fingerprint density at radius 2 is 1.88 bits per heavy atom. The molecule has 0 aromatic heterocycles. The quantitative estimate of drug-likeness (QED) is 0.760. The number of halogens is 1. The number of benzene rings is 2. The third-order valence-electron chi connectivity index (χ3n) is 4.34. The number of fused-ring (bicyclic) bond motifs is 1. The van der Waals surface area contributed by atoms with Gasteiger partial charge in [0.15, 0.2) is 0 Å². The Balaban J connectivity index is 0.00000225. The molecule has 0 aliphatic carbocycles. The first kappa shape index (κ1) is 19.2. The van der Waals surface area contributed by atoms with Gasteiger partial charge in [-0.25, -0.2) is 0 Å². The highest BCUT2D eigenvalue weighted by molar-refractivity contribution is 5.91. The lowest BCUT2D eigenvalue weighted by Gasteiger charge is -2.23. The van der Waals surface area contributed by atoms with Crippen molar-refractivity contribution in [3.63, 3.8) is 0 Å². The molecule has 2 aromatic carbocycles. The van der Waals surface area contributed by atoms with Crippen molar-refractivity contribution in [3.8, 4) is 0 Å². The van der Waals surface area contributed by atoms with Crippen molar-refractivity contribution in [3.05, 3.63) is 48.0 Å². The van der Waals surface area contributed by atoms with E-state index >= 15 is 0 Å². The molecule has 1 saturated heterocycles. The van der Waals surface area contributed by atoms with Crippen molar-refractivity contribution in [2.45, 2.75) is 25.3 Å². The molecule has 1 unspecified atom stereocenters. The predicted molar refractivity (Wildman–Crippen MR) is 102 cm³/mol. The molecular formula is C19H24ClN3O2. The van der Waals surface area contributed by atoms with Crippen molar-refractivity contribution in [2.75, 3.05) is 19.6 Å². The molecule has 1 fully saturated rings. The molecule has 6 heteroatoms. The summed E-state index contributed by atoms with van der Waals surface area (Å²) in [6.45, 7) is 1.84. The van der Waals surface area contributed by atoms with Crippen LogP contribution in [0.4, 0.5) is 0 Å². The summed E-state index contributed by atoms with van der Waals surface area (Å²) in [4.78, 5) is 24.1. The summed E-state index contributed by atoms with van der Waals surface area (Å²) in [7, 11) is 0. The van der Waals surface area contributed by atoms with E-state index in [0.717, 1.165) is 42.3 Å². The standard InChI is InChI=1S/C19H23N3O2.ClH/c23-18(21-13-19(24)22-16-8-4-10-20-12-16)11-15-7-3-6-14-5-1-2-9-17(14)15;/h1-3,5-7,9,16,20H,4,8,10-13H2,(H,21,23)(H,22,24);1H. The number of hydrogen-bond acceptors (Lipinski definition) is 3. The second-order valence-electron chi connectivity index (χ2n) is 6.20. The fourth-order valence-electron chi connectivity index (χ4n) is 3.11. The molecule has 25 heavy (non-hydrogen) atoms. The second-order valence-corrected chi connectivity index (χ2v) is 6.20. The third-order valence-corrected chi connectivity index (χ3v) is 4.34. The van der Waals surface area contributed by atoms with E-state index in [1.807, 2.05) is 42.5 Å². The van der Waals surface area contributed by atoms with Gasteiger partial charge in [0.2, 0.25) is 11.8 Å². The highest BCUT2D eigenvalue weighted by Gasteiger charge is 2.15. The van der Waals surface area contributed by atoms with Crippen molar-refractivity contribution >= 4 is 35.0 Å². The Morgan fingerprint density at radius 1 is 1.08 bits per heavy atom. The normalized spacial score (nSPS) is 16.7. The maximum absolute atomic E-state index is 12.1. The van der Waals surface area contributed by atoms with Gasteiger partial charge in [-0.15, -0.1) is 12.4 Å². The molecule has 0 bridgehead atoms. The van der Waals surface area contributed by atoms with Crippen LogP contribution in [-0.4, -0.2) is 37.5 Å². The molecule has 3 N–H and O–H groups in total. The van der Waals surface area contributed by atoms with Crippen LogP contribution in [0.2, 0.25) is 0 Å². The van der Waals surface area contributed by atoms with Gasteiger partial charge in [0.25, 0.3) is 0 Å². The van der Waals surface area contributed by atoms with Gasteiger partial charge in [0.05, 0.1) is 13.0 Å². The van der Waals surface area contributed by atoms with Crippen LogP contribution in [-0.2, 0) is 16.0 Å². The van der Waals surface area contributed by atoms with Crippen LogP contribution in [0.15, 0.2) is 42.5 Å². The Labute approximate surface area is 154 Å². The minimum Gasteiger partial charge on any atom is -0.351 e. The molecule has 0 saturated carbocycles. The second kappa shape index (κ2) is 9.39. The van der Waals surface area contributed by atoms with Crippen LogP contribution >= 0.6 is 12.4 Å². The molecule has 5 nitrogen and oxygen atoms in total. The molecule has 0 radical (unpaired) electrons. The van der Waals surface area contributed by atoms with E-state index in [0.29, 0.717) is 0 Å². The number of nitrogens with one attached hydrogen (secondary N) is 3. The zero-order chi connectivity index (χ0) is 16.8. The van der Waals surface area contributed by atoms with Crippen molar-refractivity contribution in [1.82, 2.24) is 16.0 Å². The summed E-state index contributed by atoms with van der Waals surface area (Å²) in [5.74, 6) is -0.266. The number of rotatable bonds is 5. The number of carbonyl (C=O) groups excluding carboxylic acids is 2. The molecule has 0 spiro atoms. The molecule has 2 amide bonds. The number of carbonyl (C=O) groups is 2. The van der Waals surface area contributed by atoms with Gasteiger partial charge in [-0.1, -0.05) is 42.5 Å². The van der Waals surface area contributed by atoms with E-state index in [1.165, 1.54) is 0 Å². The van der Waals surface area contributed by atoms with Crippen molar-refractivity contribution in [2.24, 2.45) is 0 Å². The van der Waals surface area contributed by atoms with Crippen LogP contribution in [0, 0.1) is 0 Å². The van der Waals surface area contributed by atoms with E-state index in [1.54, 1.807) is 0 Å². The zero-order valence-corrected chi connectivity index (χ0v) is 14.9. The van der Waals surface area contributed by atoms with Crippen LogP contribution in [0.1, 0.15) is 18.4 Å². The Kier molecular flexibility index (Phi) is 7.22. The van der Waals surface area contributed by atoms with Crippen LogP contribution in [0.3, 0.4) is 0 Å². The maximum atomic E-state index is 12.1. The molecule has 1 heterocycles. The SMILES string of the molecule is Cl.O=C(Cc1cccc2ccccc12)NCC(=O)NC1CCCNC1. The van der Waals surface area contributed by atoms with Gasteiger partial charge in [-0.2, -0.15) is 0 Å². The molecule has 3 rings (SSSR count). The first-order chi connectivity index (χ1) is 11.7. The van der Waals surface area contributed by atoms with E-state index < -0.39 is 0 Å². The summed E-state index contributed by atoms with van der Waals surface area (Å²) < 4.78 is 0. The summed E-state index contributed by atoms with van der Waals surface area (Å²) in [5.41, 5.74) is 0.975. The lowest BCUT2D eigenvalue weighted by Crippen LogP contribution is -2.48. The predicted octanol–water partition coefficient (Wildman–Crippen LogP) is 1.79. The highest BCUT2D eigenvalue weighted by Crippen LogP contribution is 2.18. The van der Waals surface area contributed by atoms with Crippen molar-refractivity contribution in [1.29, 1.82) is 0 Å². The molecule has 1 aliphatic heterocycles. The lowest BCUT2D eigenvalue weighted by molar-refractivity contribution is -0.126. The first-order valence-electron chi connectivity index (χ1n) is 8.46. The van der Waals surface area contributed by atoms with Gasteiger partial charge in [0.1, 0.15) is 0 Å². The smallest absolute Gasteiger partial charge is 0.239 e. The van der Waals surface area contributed by atoms with Crippen molar-refractivity contribution < 1.29 is 9.59 Å². The van der Waals surface area contributed by atoms with E-state index in [4.69, 9.17) is 0 Å². The topological polar surface area (TPSA) is 70.2 Å². The first-order valence-corrected chi connectivity index (χ1v) is 8.46. The van der Waals surface area contributed by atoms with Gasteiger partial charge < -0.3 is 16.0 Å². The zero-order valence-electron chi connectivity index (χ0n) is 14.1. The van der Waals surface area contributed by atoms with Crippen LogP contribution in [0.25, 0.3) is 10.8 Å². The molecule has 1 atom stereocenters. The Hall–Kier alpha value is -2.11. The van der Waals surface area contributed by atoms with E-state index in [-0.39, 0.29) is 43.2 Å². The minimum atomic E-state index is -0.136. The molecular weight excluding hydrogens is 338 g/mol. The maximum Gasteiger partial charge on any atom is 0.239 e. The fraction of sp³-hybridized carbons (Fsp3) is 0.368. The fourth-order valence-corrected chi connectivity index (χ4v) is 3.11. The number of piperidine rings is 1. The Morgan fingerprint density at radius 3 is 2.68 bits per heavy atom. The van der Waals surface area contributed by atoms with Gasteiger partial charge >= 0.3 is 0 Å². The number of amides is 2. The van der Waals surface area contributed by atoms with E-state index in [2.05, 4.69) is 16.0 Å². The third kappa shape index (κ3) is 5.44. The number of hydrogen-bond donors (Lipinski definition) is 3. The summed E-state index contributed by atoms with van der Waals surface area (Å²) in [6, 6.07) is 14.1. The van der Waals surface area contributed by atoms with Crippen LogP contribution in [0.5, 0.6) is 0 Å². The Bertz CT molecular complexity index is 724. The molecule has 1 aliphatic rings. The monoisotopic (exact) mass is 361 g/mol. The largest absolute Gasteiger partial charge is 0.351 e. The van der Waals surface area contributed by atoms with Gasteiger partial charge in [-0.3, -0.25) is 9.59 Å². The summed E-state index contributed by atoms with van der Waals surface area (Å²) in [6.07, 6.45) is 2.33. The van der Waals surface area contributed by atoms with E-state index in [9.17, 15) is 9.59 Å². The lowest BCUT2D eigenvalue weighted by atomic mass is 10.0. The molecule has 2 aromatic rings. The minimum absolute atomic E-state index is 0. The van der Waals surface area contributed by atoms with Gasteiger partial charge in [-0.05, 0) is 35.7 Å². The average molecular weight is 362 g/mol. The van der Waals surface area contributed by atoms with Gasteiger partial charge in [0, 0.05) is 12.6 Å². The molecule has 134 valence electrons. The highest BCUT2D eigenvalue weighted by atomic mass is 35.5. The van der Waals surface area contributed by atoms with Crippen LogP contribution < -0.4 is 16.0 Å². The summed E-state index contributed by atoms with van der Waals surface area (Å²) in [5, 5.41) is 11.1. The average Bonchev–Trinajstić information content (AvgIpc) is 2.61. The summed E-state index contributed by atoms with van der Waals surface area (Å²) >= 11 is 0.